The normalized spacial score (nSPS) is 23.0. The van der Waals surface area contributed by atoms with E-state index >= 15 is 0 Å². The van der Waals surface area contributed by atoms with E-state index in [-0.39, 0.29) is 11.2 Å². The molecular weight excluding hydrogens is 396 g/mol. The average Bonchev–Trinajstić information content (AvgIpc) is 3.02. The van der Waals surface area contributed by atoms with Gasteiger partial charge in [0.05, 0.1) is 0 Å². The molecule has 7 heteroatoms. The Kier molecular flexibility index (Phi) is 5.72. The third-order valence-electron chi connectivity index (χ3n) is 6.08. The van der Waals surface area contributed by atoms with Crippen molar-refractivity contribution in [3.05, 3.63) is 71.8 Å². The van der Waals surface area contributed by atoms with Gasteiger partial charge in [-0.2, -0.15) is 5.01 Å². The van der Waals surface area contributed by atoms with Crippen molar-refractivity contribution in [3.63, 3.8) is 0 Å². The van der Waals surface area contributed by atoms with Crippen LogP contribution in [0.25, 0.3) is 0 Å². The summed E-state index contributed by atoms with van der Waals surface area (Å²) >= 11 is 5.44. The van der Waals surface area contributed by atoms with E-state index < -0.39 is 17.5 Å². The zero-order valence-electron chi connectivity index (χ0n) is 16.9. The van der Waals surface area contributed by atoms with Crippen LogP contribution in [0.4, 0.5) is 4.79 Å². The average molecular weight is 423 g/mol. The Morgan fingerprint density at radius 2 is 1.57 bits per heavy atom. The van der Waals surface area contributed by atoms with Crippen LogP contribution in [0.2, 0.25) is 0 Å². The fourth-order valence-electron chi connectivity index (χ4n) is 4.40. The standard InChI is InChI=1S/C23H26N4O2S/c1-16-10-8-9-15-19(16)24-21(30)26-27-20(28)23(25-22(27)29,17-11-4-2-5-12-17)18-13-6-3-7-14-18/h2-7,11-14,16,19H,8-10,15H2,1H3,(H,25,29)(H2,24,26,30)/t16-,19+/m1/s1. The van der Waals surface area contributed by atoms with Crippen molar-refractivity contribution in [1.82, 2.24) is 21.1 Å². The van der Waals surface area contributed by atoms with E-state index in [2.05, 4.69) is 23.0 Å². The monoisotopic (exact) mass is 422 g/mol. The van der Waals surface area contributed by atoms with Gasteiger partial charge in [0, 0.05) is 6.04 Å². The van der Waals surface area contributed by atoms with Crippen LogP contribution in [0, 0.1) is 5.92 Å². The molecule has 0 radical (unpaired) electrons. The smallest absolute Gasteiger partial charge is 0.344 e. The van der Waals surface area contributed by atoms with Gasteiger partial charge in [-0.3, -0.25) is 10.2 Å². The topological polar surface area (TPSA) is 73.5 Å². The van der Waals surface area contributed by atoms with Crippen molar-refractivity contribution in [2.24, 2.45) is 5.92 Å². The molecular formula is C23H26N4O2S. The number of benzene rings is 2. The number of nitrogens with one attached hydrogen (secondary N) is 3. The first-order valence-corrected chi connectivity index (χ1v) is 10.8. The Bertz CT molecular complexity index is 895. The van der Waals surface area contributed by atoms with Crippen LogP contribution in [0.15, 0.2) is 60.7 Å². The summed E-state index contributed by atoms with van der Waals surface area (Å²) < 4.78 is 0. The molecule has 0 bridgehead atoms. The lowest BCUT2D eigenvalue weighted by Crippen LogP contribution is -2.54. The van der Waals surface area contributed by atoms with Crippen LogP contribution >= 0.6 is 12.2 Å². The molecule has 1 heterocycles. The minimum absolute atomic E-state index is 0.243. The second-order valence-corrected chi connectivity index (χ2v) is 8.41. The van der Waals surface area contributed by atoms with E-state index in [1.807, 2.05) is 60.7 Å². The Morgan fingerprint density at radius 3 is 2.13 bits per heavy atom. The van der Waals surface area contributed by atoms with Crippen LogP contribution in [-0.4, -0.2) is 28.1 Å². The van der Waals surface area contributed by atoms with E-state index in [9.17, 15) is 9.59 Å². The molecule has 0 aromatic heterocycles. The lowest BCUT2D eigenvalue weighted by Gasteiger charge is -2.31. The Labute approximate surface area is 182 Å². The molecule has 2 atom stereocenters. The fourth-order valence-corrected chi connectivity index (χ4v) is 4.64. The number of carbonyl (C=O) groups excluding carboxylic acids is 2. The molecule has 1 aliphatic carbocycles. The third kappa shape index (κ3) is 3.65. The van der Waals surface area contributed by atoms with E-state index in [1.165, 1.54) is 6.42 Å². The molecule has 0 spiro atoms. The van der Waals surface area contributed by atoms with E-state index in [0.29, 0.717) is 17.0 Å². The number of hydrazine groups is 1. The molecule has 1 aliphatic heterocycles. The van der Waals surface area contributed by atoms with Gasteiger partial charge in [0.2, 0.25) is 0 Å². The Morgan fingerprint density at radius 1 is 1.00 bits per heavy atom. The first-order chi connectivity index (χ1) is 14.5. The largest absolute Gasteiger partial charge is 0.358 e. The summed E-state index contributed by atoms with van der Waals surface area (Å²) in [6, 6.07) is 18.2. The van der Waals surface area contributed by atoms with Gasteiger partial charge in [-0.05, 0) is 42.1 Å². The van der Waals surface area contributed by atoms with E-state index in [0.717, 1.165) is 24.3 Å². The number of rotatable bonds is 4. The minimum atomic E-state index is -1.31. The van der Waals surface area contributed by atoms with Crippen LogP contribution < -0.4 is 16.1 Å². The second kappa shape index (κ2) is 8.44. The molecule has 6 nitrogen and oxygen atoms in total. The van der Waals surface area contributed by atoms with Crippen LogP contribution in [-0.2, 0) is 10.3 Å². The number of nitrogens with zero attached hydrogens (tertiary/aromatic N) is 1. The predicted molar refractivity (Wildman–Crippen MR) is 119 cm³/mol. The summed E-state index contributed by atoms with van der Waals surface area (Å²) in [5.41, 5.74) is 2.91. The number of imide groups is 1. The van der Waals surface area contributed by atoms with Gasteiger partial charge in [0.1, 0.15) is 0 Å². The fraction of sp³-hybridized carbons (Fsp3) is 0.348. The molecule has 1 saturated heterocycles. The summed E-state index contributed by atoms with van der Waals surface area (Å²) in [6.45, 7) is 2.20. The van der Waals surface area contributed by atoms with Gasteiger partial charge in [-0.25, -0.2) is 4.79 Å². The van der Waals surface area contributed by atoms with Gasteiger partial charge < -0.3 is 10.6 Å². The predicted octanol–water partition coefficient (Wildman–Crippen LogP) is 3.44. The molecule has 156 valence electrons. The molecule has 1 saturated carbocycles. The van der Waals surface area contributed by atoms with Crippen molar-refractivity contribution in [1.29, 1.82) is 0 Å². The highest BCUT2D eigenvalue weighted by Crippen LogP contribution is 2.35. The number of hydrogen-bond donors (Lipinski definition) is 3. The molecule has 2 fully saturated rings. The van der Waals surface area contributed by atoms with Crippen molar-refractivity contribution in [3.8, 4) is 0 Å². The zero-order chi connectivity index (χ0) is 21.1. The molecule has 2 aliphatic rings. The summed E-state index contributed by atoms with van der Waals surface area (Å²) in [4.78, 5) is 26.5. The summed E-state index contributed by atoms with van der Waals surface area (Å²) in [5.74, 6) is 0.0834. The molecule has 2 aromatic carbocycles. The van der Waals surface area contributed by atoms with Crippen molar-refractivity contribution >= 4 is 29.3 Å². The number of thiocarbonyl (C=S) groups is 1. The number of urea groups is 1. The Hall–Kier alpha value is -2.93. The van der Waals surface area contributed by atoms with Gasteiger partial charge in [0.25, 0.3) is 5.91 Å². The second-order valence-electron chi connectivity index (χ2n) is 8.01. The summed E-state index contributed by atoms with van der Waals surface area (Å²) in [5, 5.41) is 7.47. The summed E-state index contributed by atoms with van der Waals surface area (Å²) in [7, 11) is 0. The van der Waals surface area contributed by atoms with Crippen LogP contribution in [0.3, 0.4) is 0 Å². The first-order valence-electron chi connectivity index (χ1n) is 10.4. The maximum atomic E-state index is 13.6. The van der Waals surface area contributed by atoms with Crippen molar-refractivity contribution in [2.45, 2.75) is 44.2 Å². The highest BCUT2D eigenvalue weighted by atomic mass is 32.1. The van der Waals surface area contributed by atoms with Crippen LogP contribution in [0.1, 0.15) is 43.7 Å². The van der Waals surface area contributed by atoms with Gasteiger partial charge in [-0.15, -0.1) is 0 Å². The minimum Gasteiger partial charge on any atom is -0.358 e. The molecule has 30 heavy (non-hydrogen) atoms. The molecule has 4 rings (SSSR count). The lowest BCUT2D eigenvalue weighted by atomic mass is 9.83. The van der Waals surface area contributed by atoms with E-state index in [4.69, 9.17) is 12.2 Å². The molecule has 3 amide bonds. The highest BCUT2D eigenvalue weighted by molar-refractivity contribution is 7.80. The summed E-state index contributed by atoms with van der Waals surface area (Å²) in [6.07, 6.45) is 4.55. The molecule has 3 N–H and O–H groups in total. The zero-order valence-corrected chi connectivity index (χ0v) is 17.7. The van der Waals surface area contributed by atoms with Gasteiger partial charge in [-0.1, -0.05) is 80.4 Å². The lowest BCUT2D eigenvalue weighted by molar-refractivity contribution is -0.131. The maximum Gasteiger partial charge on any atom is 0.344 e. The first kappa shape index (κ1) is 20.3. The third-order valence-corrected chi connectivity index (χ3v) is 6.29. The van der Waals surface area contributed by atoms with Crippen LogP contribution in [0.5, 0.6) is 0 Å². The number of amides is 3. The maximum absolute atomic E-state index is 13.6. The quantitative estimate of drug-likeness (QED) is 0.520. The highest BCUT2D eigenvalue weighted by Gasteiger charge is 2.54. The number of hydrogen-bond acceptors (Lipinski definition) is 3. The van der Waals surface area contributed by atoms with Crippen molar-refractivity contribution in [2.75, 3.05) is 0 Å². The van der Waals surface area contributed by atoms with E-state index in [1.54, 1.807) is 0 Å². The SMILES string of the molecule is C[C@@H]1CCCC[C@@H]1NC(=S)NN1C(=O)NC(c2ccccc2)(c2ccccc2)C1=O. The number of carbonyl (C=O) groups is 2. The van der Waals surface area contributed by atoms with Gasteiger partial charge in [0.15, 0.2) is 10.7 Å². The van der Waals surface area contributed by atoms with Crippen molar-refractivity contribution < 1.29 is 9.59 Å². The molecule has 2 aromatic rings. The molecule has 0 unspecified atom stereocenters. The van der Waals surface area contributed by atoms with Gasteiger partial charge >= 0.3 is 6.03 Å². The Balaban J connectivity index is 1.60.